The Morgan fingerprint density at radius 2 is 1.85 bits per heavy atom. The van der Waals surface area contributed by atoms with Crippen LogP contribution in [0.5, 0.6) is 0 Å². The molecule has 0 aliphatic carbocycles. The first-order valence-corrected chi connectivity index (χ1v) is 8.51. The summed E-state index contributed by atoms with van der Waals surface area (Å²) in [5, 5.41) is 0.788. The van der Waals surface area contributed by atoms with E-state index in [1.165, 1.54) is 29.3 Å². The minimum atomic E-state index is -0.504. The molecule has 0 N–H and O–H groups in total. The van der Waals surface area contributed by atoms with E-state index in [0.717, 1.165) is 15.5 Å². The molecular formula is C18H15ClN4O4. The monoisotopic (exact) mass is 386 g/mol. The standard InChI is InChI=1S/C18H15ClN4O4/c1-9-4-5-11-10(7-13(24)27-12(11)6-9)8-23-14-15(20-17(23)19)21(2)18(26)22(3)16(14)25/h4-7H,8H2,1-3H3. The van der Waals surface area contributed by atoms with Crippen molar-refractivity contribution in [3.05, 3.63) is 71.9 Å². The number of fused-ring (bicyclic) bond motifs is 2. The molecule has 0 radical (unpaired) electrons. The summed E-state index contributed by atoms with van der Waals surface area (Å²) < 4.78 is 9.03. The molecule has 0 atom stereocenters. The van der Waals surface area contributed by atoms with Crippen molar-refractivity contribution in [1.82, 2.24) is 18.7 Å². The summed E-state index contributed by atoms with van der Waals surface area (Å²) in [4.78, 5) is 40.9. The van der Waals surface area contributed by atoms with E-state index in [9.17, 15) is 14.4 Å². The van der Waals surface area contributed by atoms with E-state index in [2.05, 4.69) is 4.98 Å². The molecule has 0 spiro atoms. The Hall–Kier alpha value is -3.13. The zero-order valence-corrected chi connectivity index (χ0v) is 15.6. The number of benzene rings is 1. The largest absolute Gasteiger partial charge is 0.423 e. The van der Waals surface area contributed by atoms with E-state index in [0.29, 0.717) is 11.1 Å². The summed E-state index contributed by atoms with van der Waals surface area (Å²) >= 11 is 6.27. The van der Waals surface area contributed by atoms with Crippen LogP contribution in [-0.4, -0.2) is 18.7 Å². The van der Waals surface area contributed by atoms with Crippen LogP contribution in [0.2, 0.25) is 5.28 Å². The normalized spacial score (nSPS) is 11.6. The van der Waals surface area contributed by atoms with Crippen molar-refractivity contribution in [2.45, 2.75) is 13.5 Å². The molecule has 27 heavy (non-hydrogen) atoms. The number of aryl methyl sites for hydroxylation is 2. The van der Waals surface area contributed by atoms with Gasteiger partial charge >= 0.3 is 11.3 Å². The van der Waals surface area contributed by atoms with Gasteiger partial charge in [0.05, 0.1) is 6.54 Å². The van der Waals surface area contributed by atoms with Crippen molar-refractivity contribution in [3.63, 3.8) is 0 Å². The third-order valence-electron chi connectivity index (χ3n) is 4.62. The van der Waals surface area contributed by atoms with E-state index in [4.69, 9.17) is 16.0 Å². The summed E-state index contributed by atoms with van der Waals surface area (Å²) in [6, 6.07) is 6.90. The van der Waals surface area contributed by atoms with Gasteiger partial charge in [-0.1, -0.05) is 12.1 Å². The number of rotatable bonds is 2. The highest BCUT2D eigenvalue weighted by atomic mass is 35.5. The second-order valence-electron chi connectivity index (χ2n) is 6.44. The number of imidazole rings is 1. The first-order valence-electron chi connectivity index (χ1n) is 8.13. The second kappa shape index (κ2) is 5.95. The molecule has 1 aromatic carbocycles. The van der Waals surface area contributed by atoms with Crippen LogP contribution in [0.15, 0.2) is 43.1 Å². The number of halogens is 1. The average Bonchev–Trinajstić information content (AvgIpc) is 2.94. The summed E-state index contributed by atoms with van der Waals surface area (Å²) in [5.74, 6) is 0. The Morgan fingerprint density at radius 1 is 1.11 bits per heavy atom. The predicted octanol–water partition coefficient (Wildman–Crippen LogP) is 1.55. The van der Waals surface area contributed by atoms with Crippen LogP contribution in [-0.2, 0) is 20.6 Å². The lowest BCUT2D eigenvalue weighted by Crippen LogP contribution is -2.37. The number of nitrogens with zero attached hydrogens (tertiary/aromatic N) is 4. The molecule has 4 rings (SSSR count). The van der Waals surface area contributed by atoms with E-state index in [1.807, 2.05) is 19.1 Å². The molecule has 0 bridgehead atoms. The van der Waals surface area contributed by atoms with E-state index < -0.39 is 16.9 Å². The summed E-state index contributed by atoms with van der Waals surface area (Å²) in [5.41, 5.74) is 0.943. The topological polar surface area (TPSA) is 92.0 Å². The van der Waals surface area contributed by atoms with Gasteiger partial charge in [-0.25, -0.2) is 9.59 Å². The molecule has 0 saturated carbocycles. The lowest BCUT2D eigenvalue weighted by atomic mass is 10.1. The van der Waals surface area contributed by atoms with Crippen molar-refractivity contribution >= 4 is 33.7 Å². The van der Waals surface area contributed by atoms with Gasteiger partial charge in [-0.2, -0.15) is 4.98 Å². The maximum Gasteiger partial charge on any atom is 0.336 e. The maximum atomic E-state index is 12.7. The van der Waals surface area contributed by atoms with Gasteiger partial charge < -0.3 is 8.98 Å². The molecule has 0 aliphatic rings. The van der Waals surface area contributed by atoms with Gasteiger partial charge in [-0.05, 0) is 35.7 Å². The molecule has 3 aromatic heterocycles. The van der Waals surface area contributed by atoms with Gasteiger partial charge in [0, 0.05) is 25.5 Å². The molecule has 0 fully saturated rings. The summed E-state index contributed by atoms with van der Waals surface area (Å²) in [6.07, 6.45) is 0. The van der Waals surface area contributed by atoms with Crippen molar-refractivity contribution in [2.75, 3.05) is 0 Å². The van der Waals surface area contributed by atoms with Gasteiger partial charge in [-0.15, -0.1) is 0 Å². The van der Waals surface area contributed by atoms with Crippen molar-refractivity contribution < 1.29 is 4.42 Å². The fourth-order valence-corrected chi connectivity index (χ4v) is 3.43. The Labute approximate surface area is 156 Å². The molecule has 0 unspecified atom stereocenters. The third-order valence-corrected chi connectivity index (χ3v) is 4.90. The number of hydrogen-bond donors (Lipinski definition) is 0. The highest BCUT2D eigenvalue weighted by molar-refractivity contribution is 6.29. The van der Waals surface area contributed by atoms with Crippen LogP contribution in [0.25, 0.3) is 22.1 Å². The first-order chi connectivity index (χ1) is 12.8. The Balaban J connectivity index is 2.02. The lowest BCUT2D eigenvalue weighted by molar-refractivity contribution is 0.557. The fraction of sp³-hybridized carbons (Fsp3) is 0.222. The Kier molecular flexibility index (Phi) is 3.81. The predicted molar refractivity (Wildman–Crippen MR) is 102 cm³/mol. The Morgan fingerprint density at radius 3 is 2.59 bits per heavy atom. The van der Waals surface area contributed by atoms with Crippen molar-refractivity contribution in [3.8, 4) is 0 Å². The van der Waals surface area contributed by atoms with E-state index in [-0.39, 0.29) is 23.0 Å². The minimum absolute atomic E-state index is 0.0526. The molecule has 3 heterocycles. The smallest absolute Gasteiger partial charge is 0.336 e. The van der Waals surface area contributed by atoms with Crippen molar-refractivity contribution in [2.24, 2.45) is 14.1 Å². The molecular weight excluding hydrogens is 372 g/mol. The molecule has 0 amide bonds. The third kappa shape index (κ3) is 2.60. The lowest BCUT2D eigenvalue weighted by Gasteiger charge is -2.09. The van der Waals surface area contributed by atoms with Crippen LogP contribution in [0, 0.1) is 6.92 Å². The van der Waals surface area contributed by atoms with Crippen LogP contribution in [0.1, 0.15) is 11.1 Å². The molecule has 8 nitrogen and oxygen atoms in total. The SMILES string of the molecule is Cc1ccc2c(Cn3c(Cl)nc4c3c(=O)n(C)c(=O)n4C)cc(=O)oc2c1. The van der Waals surface area contributed by atoms with Gasteiger partial charge in [0.15, 0.2) is 11.2 Å². The van der Waals surface area contributed by atoms with Crippen molar-refractivity contribution in [1.29, 1.82) is 0 Å². The molecule has 4 aromatic rings. The fourth-order valence-electron chi connectivity index (χ4n) is 3.20. The molecule has 138 valence electrons. The molecule has 0 aliphatic heterocycles. The zero-order valence-electron chi connectivity index (χ0n) is 14.8. The quantitative estimate of drug-likeness (QED) is 0.385. The highest BCUT2D eigenvalue weighted by Gasteiger charge is 2.19. The van der Waals surface area contributed by atoms with Gasteiger partial charge in [0.25, 0.3) is 5.56 Å². The summed E-state index contributed by atoms with van der Waals surface area (Å²) in [7, 11) is 2.91. The van der Waals surface area contributed by atoms with Crippen LogP contribution in [0.3, 0.4) is 0 Å². The highest BCUT2D eigenvalue weighted by Crippen LogP contribution is 2.23. The van der Waals surface area contributed by atoms with Crippen LogP contribution >= 0.6 is 11.6 Å². The van der Waals surface area contributed by atoms with E-state index in [1.54, 1.807) is 6.07 Å². The number of hydrogen-bond acceptors (Lipinski definition) is 5. The first kappa shape index (κ1) is 17.3. The zero-order chi connectivity index (χ0) is 19.5. The van der Waals surface area contributed by atoms with Crippen LogP contribution < -0.4 is 16.9 Å². The Bertz CT molecular complexity index is 1410. The maximum absolute atomic E-state index is 12.7. The average molecular weight is 387 g/mol. The van der Waals surface area contributed by atoms with E-state index >= 15 is 0 Å². The molecule has 0 saturated heterocycles. The molecule has 9 heteroatoms. The second-order valence-corrected chi connectivity index (χ2v) is 6.77. The van der Waals surface area contributed by atoms with Gasteiger partial charge in [0.2, 0.25) is 5.28 Å². The van der Waals surface area contributed by atoms with Crippen LogP contribution in [0.4, 0.5) is 0 Å². The number of aromatic nitrogens is 4. The summed E-state index contributed by atoms with van der Waals surface area (Å²) in [6.45, 7) is 2.03. The van der Waals surface area contributed by atoms with Gasteiger partial charge in [-0.3, -0.25) is 13.9 Å². The minimum Gasteiger partial charge on any atom is -0.423 e. The van der Waals surface area contributed by atoms with Gasteiger partial charge in [0.1, 0.15) is 5.58 Å².